The van der Waals surface area contributed by atoms with Gasteiger partial charge in [-0.3, -0.25) is 4.79 Å². The normalized spacial score (nSPS) is 19.9. The van der Waals surface area contributed by atoms with Gasteiger partial charge in [-0.1, -0.05) is 12.1 Å². The summed E-state index contributed by atoms with van der Waals surface area (Å²) in [4.78, 5) is 14.5. The Bertz CT molecular complexity index is 448. The average Bonchev–Trinajstić information content (AvgIpc) is 2.43. The SMILES string of the molecule is O=C(c1ccccc1OC1CCC1)N1CCCCC1. The van der Waals surface area contributed by atoms with Gasteiger partial charge in [-0.05, 0) is 50.7 Å². The van der Waals surface area contributed by atoms with Gasteiger partial charge in [0, 0.05) is 13.1 Å². The molecule has 3 heteroatoms. The van der Waals surface area contributed by atoms with Crippen LogP contribution in [-0.2, 0) is 0 Å². The number of amides is 1. The summed E-state index contributed by atoms with van der Waals surface area (Å²) >= 11 is 0. The molecule has 2 aliphatic rings. The average molecular weight is 259 g/mol. The standard InChI is InChI=1S/C16H21NO2/c18-16(17-11-4-1-5-12-17)14-9-2-3-10-15(14)19-13-7-6-8-13/h2-3,9-10,13H,1,4-8,11-12H2. The Morgan fingerprint density at radius 3 is 2.47 bits per heavy atom. The number of benzene rings is 1. The molecule has 1 saturated carbocycles. The molecule has 1 saturated heterocycles. The van der Waals surface area contributed by atoms with Crippen molar-refractivity contribution in [3.8, 4) is 5.75 Å². The smallest absolute Gasteiger partial charge is 0.257 e. The number of ether oxygens (including phenoxy) is 1. The first-order valence-corrected chi connectivity index (χ1v) is 7.39. The summed E-state index contributed by atoms with van der Waals surface area (Å²) in [5, 5.41) is 0. The van der Waals surface area contributed by atoms with Crippen LogP contribution in [0.4, 0.5) is 0 Å². The molecule has 0 radical (unpaired) electrons. The van der Waals surface area contributed by atoms with Crippen LogP contribution in [-0.4, -0.2) is 30.0 Å². The summed E-state index contributed by atoms with van der Waals surface area (Å²) < 4.78 is 5.95. The van der Waals surface area contributed by atoms with Gasteiger partial charge in [-0.2, -0.15) is 0 Å². The second-order valence-corrected chi connectivity index (χ2v) is 5.52. The fourth-order valence-electron chi connectivity index (χ4n) is 2.68. The minimum absolute atomic E-state index is 0.134. The topological polar surface area (TPSA) is 29.5 Å². The van der Waals surface area contributed by atoms with E-state index in [1.807, 2.05) is 29.2 Å². The summed E-state index contributed by atoms with van der Waals surface area (Å²) in [6, 6.07) is 7.69. The third-order valence-electron chi connectivity index (χ3n) is 4.11. The Kier molecular flexibility index (Phi) is 3.72. The van der Waals surface area contributed by atoms with Crippen LogP contribution in [0.1, 0.15) is 48.9 Å². The third kappa shape index (κ3) is 2.75. The number of nitrogens with zero attached hydrogens (tertiary/aromatic N) is 1. The van der Waals surface area contributed by atoms with Crippen LogP contribution in [0.3, 0.4) is 0 Å². The molecule has 3 nitrogen and oxygen atoms in total. The van der Waals surface area contributed by atoms with Crippen molar-refractivity contribution in [3.63, 3.8) is 0 Å². The van der Waals surface area contributed by atoms with Crippen molar-refractivity contribution in [1.82, 2.24) is 4.90 Å². The highest BCUT2D eigenvalue weighted by Gasteiger charge is 2.24. The van der Waals surface area contributed by atoms with Gasteiger partial charge in [-0.15, -0.1) is 0 Å². The van der Waals surface area contributed by atoms with Gasteiger partial charge in [0.05, 0.1) is 11.7 Å². The van der Waals surface area contributed by atoms with Gasteiger partial charge in [0.1, 0.15) is 5.75 Å². The molecule has 102 valence electrons. The molecule has 1 aromatic carbocycles. The zero-order valence-corrected chi connectivity index (χ0v) is 11.3. The monoisotopic (exact) mass is 259 g/mol. The Morgan fingerprint density at radius 1 is 1.05 bits per heavy atom. The molecule has 1 heterocycles. The van der Waals surface area contributed by atoms with E-state index < -0.39 is 0 Å². The van der Waals surface area contributed by atoms with Crippen molar-refractivity contribution in [2.24, 2.45) is 0 Å². The molecule has 19 heavy (non-hydrogen) atoms. The number of carbonyl (C=O) groups is 1. The Balaban J connectivity index is 1.76. The zero-order chi connectivity index (χ0) is 13.1. The first-order valence-electron chi connectivity index (χ1n) is 7.39. The Morgan fingerprint density at radius 2 is 1.79 bits per heavy atom. The van der Waals surface area contributed by atoms with E-state index in [1.165, 1.54) is 12.8 Å². The largest absolute Gasteiger partial charge is 0.490 e. The lowest BCUT2D eigenvalue weighted by molar-refractivity contribution is 0.0707. The number of likely N-dealkylation sites (tertiary alicyclic amines) is 1. The van der Waals surface area contributed by atoms with E-state index in [2.05, 4.69) is 0 Å². The van der Waals surface area contributed by atoms with Crippen LogP contribution in [0.25, 0.3) is 0 Å². The molecule has 1 aliphatic carbocycles. The van der Waals surface area contributed by atoms with Gasteiger partial charge in [0.25, 0.3) is 5.91 Å². The van der Waals surface area contributed by atoms with Gasteiger partial charge in [-0.25, -0.2) is 0 Å². The molecular formula is C16H21NO2. The number of rotatable bonds is 3. The molecule has 1 aromatic rings. The molecule has 1 amide bonds. The van der Waals surface area contributed by atoms with Crippen LogP contribution in [0.15, 0.2) is 24.3 Å². The number of carbonyl (C=O) groups excluding carboxylic acids is 1. The van der Waals surface area contributed by atoms with Crippen LogP contribution >= 0.6 is 0 Å². The highest BCUT2D eigenvalue weighted by atomic mass is 16.5. The molecule has 0 spiro atoms. The molecule has 1 aliphatic heterocycles. The first kappa shape index (κ1) is 12.5. The van der Waals surface area contributed by atoms with E-state index >= 15 is 0 Å². The number of piperidine rings is 1. The minimum Gasteiger partial charge on any atom is -0.490 e. The molecule has 3 rings (SSSR count). The maximum atomic E-state index is 12.6. The Labute approximate surface area is 114 Å². The summed E-state index contributed by atoms with van der Waals surface area (Å²) in [5.41, 5.74) is 0.733. The summed E-state index contributed by atoms with van der Waals surface area (Å²) in [6.45, 7) is 1.77. The highest BCUT2D eigenvalue weighted by molar-refractivity contribution is 5.97. The van der Waals surface area contributed by atoms with Crippen molar-refractivity contribution < 1.29 is 9.53 Å². The lowest BCUT2D eigenvalue weighted by Gasteiger charge is -2.30. The van der Waals surface area contributed by atoms with E-state index in [9.17, 15) is 4.79 Å². The number of hydrogen-bond donors (Lipinski definition) is 0. The van der Waals surface area contributed by atoms with E-state index in [0.717, 1.165) is 50.1 Å². The maximum absolute atomic E-state index is 12.6. The molecule has 0 bridgehead atoms. The fourth-order valence-corrected chi connectivity index (χ4v) is 2.68. The predicted molar refractivity (Wildman–Crippen MR) is 74.5 cm³/mol. The van der Waals surface area contributed by atoms with E-state index in [0.29, 0.717) is 6.10 Å². The van der Waals surface area contributed by atoms with Crippen LogP contribution < -0.4 is 4.74 Å². The minimum atomic E-state index is 0.134. The molecule has 2 fully saturated rings. The molecular weight excluding hydrogens is 238 g/mol. The van der Waals surface area contributed by atoms with Gasteiger partial charge >= 0.3 is 0 Å². The first-order chi connectivity index (χ1) is 9.34. The van der Waals surface area contributed by atoms with Crippen LogP contribution in [0.2, 0.25) is 0 Å². The van der Waals surface area contributed by atoms with Crippen molar-refractivity contribution in [1.29, 1.82) is 0 Å². The quantitative estimate of drug-likeness (QED) is 0.834. The van der Waals surface area contributed by atoms with Crippen molar-refractivity contribution in [2.45, 2.75) is 44.6 Å². The fraction of sp³-hybridized carbons (Fsp3) is 0.562. The van der Waals surface area contributed by atoms with Crippen molar-refractivity contribution in [3.05, 3.63) is 29.8 Å². The van der Waals surface area contributed by atoms with Gasteiger partial charge in [0.2, 0.25) is 0 Å². The molecule has 0 aromatic heterocycles. The summed E-state index contributed by atoms with van der Waals surface area (Å²) in [6.07, 6.45) is 7.28. The summed E-state index contributed by atoms with van der Waals surface area (Å²) in [7, 11) is 0. The predicted octanol–water partition coefficient (Wildman–Crippen LogP) is 3.24. The lowest BCUT2D eigenvalue weighted by Crippen LogP contribution is -2.36. The van der Waals surface area contributed by atoms with Crippen LogP contribution in [0.5, 0.6) is 5.75 Å². The molecule has 0 atom stereocenters. The second kappa shape index (κ2) is 5.64. The van der Waals surface area contributed by atoms with Gasteiger partial charge < -0.3 is 9.64 Å². The number of para-hydroxylation sites is 1. The van der Waals surface area contributed by atoms with Crippen molar-refractivity contribution in [2.75, 3.05) is 13.1 Å². The van der Waals surface area contributed by atoms with Gasteiger partial charge in [0.15, 0.2) is 0 Å². The van der Waals surface area contributed by atoms with Crippen LogP contribution in [0, 0.1) is 0 Å². The zero-order valence-electron chi connectivity index (χ0n) is 11.3. The van der Waals surface area contributed by atoms with E-state index in [-0.39, 0.29) is 5.91 Å². The highest BCUT2D eigenvalue weighted by Crippen LogP contribution is 2.28. The van der Waals surface area contributed by atoms with Crippen molar-refractivity contribution >= 4 is 5.91 Å². The number of hydrogen-bond acceptors (Lipinski definition) is 2. The van der Waals surface area contributed by atoms with E-state index in [4.69, 9.17) is 4.74 Å². The second-order valence-electron chi connectivity index (χ2n) is 5.52. The third-order valence-corrected chi connectivity index (χ3v) is 4.11. The lowest BCUT2D eigenvalue weighted by atomic mass is 9.96. The molecule has 0 N–H and O–H groups in total. The van der Waals surface area contributed by atoms with E-state index in [1.54, 1.807) is 0 Å². The Hall–Kier alpha value is -1.51. The molecule has 0 unspecified atom stereocenters. The summed E-state index contributed by atoms with van der Waals surface area (Å²) in [5.74, 6) is 0.900. The maximum Gasteiger partial charge on any atom is 0.257 e.